The van der Waals surface area contributed by atoms with Crippen LogP contribution in [0.3, 0.4) is 0 Å². The van der Waals surface area contributed by atoms with E-state index in [1.165, 1.54) is 16.7 Å². The number of carbonyl (C=O) groups excluding carboxylic acids is 1. The van der Waals surface area contributed by atoms with Gasteiger partial charge in [-0.1, -0.05) is 6.07 Å². The molecule has 4 aliphatic rings. The largest absolute Gasteiger partial charge is 0.326 e. The lowest BCUT2D eigenvalue weighted by molar-refractivity contribution is -0.150. The number of amides is 1. The number of fused-ring (bicyclic) bond motifs is 1. The van der Waals surface area contributed by atoms with E-state index >= 15 is 0 Å². The molecule has 6 nitrogen and oxygen atoms in total. The quantitative estimate of drug-likeness (QED) is 0.347. The number of aromatic nitrogens is 4. The number of halogens is 1. The first kappa shape index (κ1) is 21.5. The maximum atomic E-state index is 13.8. The third kappa shape index (κ3) is 3.51. The van der Waals surface area contributed by atoms with E-state index in [1.54, 1.807) is 17.7 Å². The molecule has 4 atom stereocenters. The maximum absolute atomic E-state index is 13.8. The average molecular weight is 504 g/mol. The molecule has 0 aliphatic heterocycles. The molecule has 178 valence electrons. The van der Waals surface area contributed by atoms with Gasteiger partial charge in [0.25, 0.3) is 0 Å². The molecule has 2 aromatic carbocycles. The van der Waals surface area contributed by atoms with Crippen LogP contribution in [-0.2, 0) is 10.3 Å². The summed E-state index contributed by atoms with van der Waals surface area (Å²) in [5, 5.41) is 9.01. The van der Waals surface area contributed by atoms with E-state index in [0.717, 1.165) is 53.9 Å². The minimum Gasteiger partial charge on any atom is -0.326 e. The van der Waals surface area contributed by atoms with Gasteiger partial charge in [-0.05, 0) is 111 Å². The number of rotatable bonds is 4. The fraction of sp³-hybridized carbons (Fsp3) is 0.407. The Morgan fingerprint density at radius 1 is 1.11 bits per heavy atom. The number of nitrogens with one attached hydrogen (secondary N) is 1. The average Bonchev–Trinajstić information content (AvgIpc) is 3.45. The summed E-state index contributed by atoms with van der Waals surface area (Å²) >= 11 is 7.77. The van der Waals surface area contributed by atoms with E-state index in [-0.39, 0.29) is 22.1 Å². The molecule has 0 spiro atoms. The van der Waals surface area contributed by atoms with Gasteiger partial charge in [0.05, 0.1) is 21.2 Å². The number of hydrogen-bond donors (Lipinski definition) is 1. The normalized spacial score (nSPS) is 29.1. The van der Waals surface area contributed by atoms with Crippen molar-refractivity contribution in [3.63, 3.8) is 0 Å². The molecule has 4 bridgehead atoms. The van der Waals surface area contributed by atoms with Crippen LogP contribution in [0.4, 0.5) is 5.69 Å². The van der Waals surface area contributed by atoms with Crippen LogP contribution in [0.2, 0.25) is 5.28 Å². The molecular weight excluding hydrogens is 478 g/mol. The molecule has 4 aliphatic carbocycles. The van der Waals surface area contributed by atoms with Gasteiger partial charge in [0.1, 0.15) is 11.3 Å². The summed E-state index contributed by atoms with van der Waals surface area (Å²) in [4.78, 5) is 22.7. The third-order valence-electron chi connectivity index (χ3n) is 8.40. The highest BCUT2D eigenvalue weighted by molar-refractivity contribution is 7.21. The van der Waals surface area contributed by atoms with E-state index in [1.807, 2.05) is 16.8 Å². The van der Waals surface area contributed by atoms with Crippen LogP contribution in [0.25, 0.3) is 20.8 Å². The Morgan fingerprint density at radius 2 is 1.89 bits per heavy atom. The predicted molar refractivity (Wildman–Crippen MR) is 139 cm³/mol. The van der Waals surface area contributed by atoms with Crippen molar-refractivity contribution in [2.75, 3.05) is 5.32 Å². The van der Waals surface area contributed by atoms with E-state index in [2.05, 4.69) is 52.7 Å². The number of benzene rings is 2. The van der Waals surface area contributed by atoms with Crippen molar-refractivity contribution in [1.82, 2.24) is 19.7 Å². The summed E-state index contributed by atoms with van der Waals surface area (Å²) in [7, 11) is 0. The second-order valence-electron chi connectivity index (χ2n) is 10.9. The summed E-state index contributed by atoms with van der Waals surface area (Å²) < 4.78 is 3.16. The molecule has 4 saturated carbocycles. The molecule has 8 heteroatoms. The smallest absolute Gasteiger partial charge is 0.242 e. The molecule has 2 unspecified atom stereocenters. The van der Waals surface area contributed by atoms with Crippen LogP contribution in [0.15, 0.2) is 48.8 Å². The van der Waals surface area contributed by atoms with Gasteiger partial charge in [-0.25, -0.2) is 14.6 Å². The van der Waals surface area contributed by atoms with Gasteiger partial charge < -0.3 is 5.32 Å². The number of anilines is 1. The second kappa shape index (κ2) is 7.61. The van der Waals surface area contributed by atoms with Gasteiger partial charge in [0.15, 0.2) is 0 Å². The van der Waals surface area contributed by atoms with E-state index in [9.17, 15) is 4.79 Å². The highest BCUT2D eigenvalue weighted by Gasteiger charge is 2.61. The number of aryl methyl sites for hydroxylation is 1. The molecular formula is C27H26ClN5OS. The monoisotopic (exact) mass is 503 g/mol. The molecule has 2 aromatic heterocycles. The zero-order valence-electron chi connectivity index (χ0n) is 19.5. The SMILES string of the molecule is Cc1ccc2nc(-c3ccc(NC(=O)C45C[C@H]6C[C@@H](C4)CC(n4cnc(Cl)n4)(C6)C5)cc3)sc2c1. The zero-order valence-corrected chi connectivity index (χ0v) is 21.1. The van der Waals surface area contributed by atoms with Crippen molar-refractivity contribution in [3.8, 4) is 10.6 Å². The van der Waals surface area contributed by atoms with Crippen LogP contribution >= 0.6 is 22.9 Å². The Bertz CT molecular complexity index is 1440. The van der Waals surface area contributed by atoms with Crippen LogP contribution < -0.4 is 5.32 Å². The van der Waals surface area contributed by atoms with Crippen LogP contribution in [0.5, 0.6) is 0 Å². The fourth-order valence-corrected chi connectivity index (χ4v) is 8.53. The van der Waals surface area contributed by atoms with Crippen LogP contribution in [-0.4, -0.2) is 25.7 Å². The minimum atomic E-state index is -0.355. The molecule has 35 heavy (non-hydrogen) atoms. The highest BCUT2D eigenvalue weighted by atomic mass is 35.5. The Hall–Kier alpha value is -2.77. The van der Waals surface area contributed by atoms with E-state index in [4.69, 9.17) is 16.6 Å². The summed E-state index contributed by atoms with van der Waals surface area (Å²) in [6, 6.07) is 14.4. The minimum absolute atomic E-state index is 0.142. The van der Waals surface area contributed by atoms with Crippen LogP contribution in [0.1, 0.15) is 44.1 Å². The zero-order chi connectivity index (χ0) is 23.8. The first-order valence-corrected chi connectivity index (χ1v) is 13.5. The lowest BCUT2D eigenvalue weighted by Gasteiger charge is -2.60. The van der Waals surface area contributed by atoms with Crippen LogP contribution in [0, 0.1) is 24.2 Å². The van der Waals surface area contributed by atoms with E-state index < -0.39 is 0 Å². The summed E-state index contributed by atoms with van der Waals surface area (Å²) in [6.45, 7) is 2.10. The summed E-state index contributed by atoms with van der Waals surface area (Å²) in [5.74, 6) is 1.25. The Labute approximate surface area is 212 Å². The first-order chi connectivity index (χ1) is 16.9. The molecule has 1 amide bonds. The number of nitrogens with zero attached hydrogens (tertiary/aromatic N) is 4. The maximum Gasteiger partial charge on any atom is 0.242 e. The van der Waals surface area contributed by atoms with Gasteiger partial charge >= 0.3 is 0 Å². The van der Waals surface area contributed by atoms with Gasteiger partial charge in [0, 0.05) is 11.3 Å². The van der Waals surface area contributed by atoms with Crippen molar-refractivity contribution < 1.29 is 4.79 Å². The Balaban J connectivity index is 1.13. The highest BCUT2D eigenvalue weighted by Crippen LogP contribution is 2.64. The first-order valence-electron chi connectivity index (χ1n) is 12.3. The predicted octanol–water partition coefficient (Wildman–Crippen LogP) is 6.45. The Kier molecular flexibility index (Phi) is 4.68. The lowest BCUT2D eigenvalue weighted by atomic mass is 9.46. The van der Waals surface area contributed by atoms with Crippen molar-refractivity contribution in [2.45, 2.75) is 51.0 Å². The molecule has 4 aromatic rings. The lowest BCUT2D eigenvalue weighted by Crippen LogP contribution is -2.60. The van der Waals surface area contributed by atoms with Gasteiger partial charge in [0.2, 0.25) is 11.2 Å². The molecule has 2 heterocycles. The fourth-order valence-electron chi connectivity index (χ4n) is 7.33. The summed E-state index contributed by atoms with van der Waals surface area (Å²) in [6.07, 6.45) is 7.83. The number of carbonyl (C=O) groups is 1. The second-order valence-corrected chi connectivity index (χ2v) is 12.3. The van der Waals surface area contributed by atoms with Crippen molar-refractivity contribution in [3.05, 3.63) is 59.6 Å². The number of hydrogen-bond acceptors (Lipinski definition) is 5. The van der Waals surface area contributed by atoms with E-state index in [0.29, 0.717) is 11.8 Å². The van der Waals surface area contributed by atoms with Crippen molar-refractivity contribution in [2.24, 2.45) is 17.3 Å². The number of thiazole rings is 1. The van der Waals surface area contributed by atoms with Crippen molar-refractivity contribution >= 4 is 44.7 Å². The topological polar surface area (TPSA) is 72.7 Å². The molecule has 4 fully saturated rings. The summed E-state index contributed by atoms with van der Waals surface area (Å²) in [5.41, 5.74) is 3.67. The van der Waals surface area contributed by atoms with Gasteiger partial charge in [-0.2, -0.15) is 0 Å². The third-order valence-corrected chi connectivity index (χ3v) is 9.64. The van der Waals surface area contributed by atoms with Gasteiger partial charge in [-0.15, -0.1) is 16.4 Å². The molecule has 1 N–H and O–H groups in total. The molecule has 0 saturated heterocycles. The Morgan fingerprint density at radius 3 is 2.60 bits per heavy atom. The van der Waals surface area contributed by atoms with Crippen molar-refractivity contribution in [1.29, 1.82) is 0 Å². The molecule has 8 rings (SSSR count). The molecule has 0 radical (unpaired) electrons. The van der Waals surface area contributed by atoms with Gasteiger partial charge in [-0.3, -0.25) is 4.79 Å². The standard InChI is InChI=1S/C27H26ClN5OS/c1-16-2-7-21-22(8-16)35-23(31-21)19-3-5-20(6-4-19)30-24(34)26-10-17-9-18(11-26)13-27(12-17,14-26)33-15-29-25(28)32-33/h2-8,15,17-18H,9-14H2,1H3,(H,30,34)/t17-,18+,26?,27?.